The number of benzene rings is 2. The molecular weight excluding hydrogens is 410 g/mol. The van der Waals surface area contributed by atoms with Crippen molar-refractivity contribution in [2.45, 2.75) is 52.0 Å². The molecule has 0 saturated heterocycles. The molecule has 0 unspecified atom stereocenters. The van der Waals surface area contributed by atoms with Crippen LogP contribution in [0, 0.1) is 0 Å². The van der Waals surface area contributed by atoms with E-state index in [1.54, 1.807) is 0 Å². The summed E-state index contributed by atoms with van der Waals surface area (Å²) in [5.74, 6) is 2.03. The standard InChI is InChI=1S/C14H11BCl2.C11H20N2/c15-9-12(10-5-1-3-7-13(10)16)11-6-2-4-8-14(11)17;1-2-3-4-5-6-7-9-13-10-8-12-11-13/h1-9H,15H2;8,10-11H,2-7,9H2,1H3. The summed E-state index contributed by atoms with van der Waals surface area (Å²) in [7, 11) is 1.99. The van der Waals surface area contributed by atoms with E-state index in [1.165, 1.54) is 38.5 Å². The van der Waals surface area contributed by atoms with Gasteiger partial charge in [-0.25, -0.2) is 4.98 Å². The van der Waals surface area contributed by atoms with Gasteiger partial charge < -0.3 is 4.57 Å². The minimum atomic E-state index is 0.737. The highest BCUT2D eigenvalue weighted by Crippen LogP contribution is 2.32. The van der Waals surface area contributed by atoms with Crippen LogP contribution in [0.15, 0.2) is 73.2 Å². The number of halogens is 2. The molecule has 30 heavy (non-hydrogen) atoms. The fraction of sp³-hybridized carbons (Fsp3) is 0.320. The largest absolute Gasteiger partial charge is 0.337 e. The molecule has 5 heteroatoms. The van der Waals surface area contributed by atoms with Crippen molar-refractivity contribution in [1.82, 2.24) is 9.55 Å². The SMILES string of the molecule is BC=C(c1ccccc1Cl)c1ccccc1Cl.CCCCCCCCn1ccnc1. The summed E-state index contributed by atoms with van der Waals surface area (Å²) in [6, 6.07) is 15.6. The molecule has 0 aliphatic heterocycles. The molecule has 0 atom stereocenters. The van der Waals surface area contributed by atoms with Gasteiger partial charge in [0.05, 0.1) is 6.33 Å². The fourth-order valence-electron chi connectivity index (χ4n) is 3.31. The van der Waals surface area contributed by atoms with Gasteiger partial charge in [-0.3, -0.25) is 0 Å². The van der Waals surface area contributed by atoms with E-state index in [4.69, 9.17) is 23.2 Å². The number of imidazole rings is 1. The molecule has 2 aromatic carbocycles. The molecule has 0 fully saturated rings. The normalized spacial score (nSPS) is 10.2. The first kappa shape index (κ1) is 24.3. The van der Waals surface area contributed by atoms with Crippen LogP contribution in [0.4, 0.5) is 0 Å². The third-order valence-corrected chi connectivity index (χ3v) is 5.60. The lowest BCUT2D eigenvalue weighted by molar-refractivity contribution is 0.558. The van der Waals surface area contributed by atoms with Gasteiger partial charge in [-0.05, 0) is 35.3 Å². The van der Waals surface area contributed by atoms with Crippen molar-refractivity contribution in [2.75, 3.05) is 0 Å². The molecule has 3 rings (SSSR count). The van der Waals surface area contributed by atoms with Crippen LogP contribution in [0.5, 0.6) is 0 Å². The number of aromatic nitrogens is 2. The third-order valence-electron chi connectivity index (χ3n) is 4.95. The molecule has 0 aliphatic rings. The van der Waals surface area contributed by atoms with Crippen molar-refractivity contribution in [3.05, 3.63) is 94.4 Å². The minimum Gasteiger partial charge on any atom is -0.337 e. The van der Waals surface area contributed by atoms with Crippen molar-refractivity contribution in [2.24, 2.45) is 0 Å². The average Bonchev–Trinajstić information content (AvgIpc) is 3.28. The molecule has 158 valence electrons. The number of rotatable bonds is 9. The van der Waals surface area contributed by atoms with Gasteiger partial charge in [0.25, 0.3) is 0 Å². The smallest absolute Gasteiger partial charge is 0.130 e. The van der Waals surface area contributed by atoms with Crippen molar-refractivity contribution in [3.8, 4) is 0 Å². The summed E-state index contributed by atoms with van der Waals surface area (Å²) in [5, 5.41) is 1.47. The van der Waals surface area contributed by atoms with Crippen molar-refractivity contribution < 1.29 is 0 Å². The summed E-state index contributed by atoms with van der Waals surface area (Å²) < 4.78 is 2.15. The Labute approximate surface area is 192 Å². The summed E-state index contributed by atoms with van der Waals surface area (Å²) in [4.78, 5) is 4.01. The lowest BCUT2D eigenvalue weighted by Gasteiger charge is -2.11. The second-order valence-electron chi connectivity index (χ2n) is 7.23. The molecular formula is C25H31BCl2N2. The first-order valence-corrected chi connectivity index (χ1v) is 11.5. The van der Waals surface area contributed by atoms with Gasteiger partial charge in [0.1, 0.15) is 7.85 Å². The van der Waals surface area contributed by atoms with E-state index in [0.29, 0.717) is 0 Å². The maximum atomic E-state index is 6.22. The van der Waals surface area contributed by atoms with Gasteiger partial charge in [-0.1, -0.05) is 98.6 Å². The molecule has 0 spiro atoms. The zero-order valence-corrected chi connectivity index (χ0v) is 19.5. The Hall–Kier alpha value is -1.97. The van der Waals surface area contributed by atoms with E-state index in [-0.39, 0.29) is 0 Å². The molecule has 1 aromatic heterocycles. The Morgan fingerprint density at radius 1 is 0.900 bits per heavy atom. The Balaban J connectivity index is 0.000000222. The van der Waals surface area contributed by atoms with Gasteiger partial charge in [0.15, 0.2) is 0 Å². The highest BCUT2D eigenvalue weighted by atomic mass is 35.5. The number of aryl methyl sites for hydroxylation is 1. The van der Waals surface area contributed by atoms with E-state index >= 15 is 0 Å². The van der Waals surface area contributed by atoms with E-state index in [0.717, 1.165) is 33.3 Å². The molecule has 3 aromatic rings. The molecule has 0 bridgehead atoms. The van der Waals surface area contributed by atoms with E-state index in [9.17, 15) is 0 Å². The van der Waals surface area contributed by atoms with Crippen LogP contribution >= 0.6 is 23.2 Å². The number of hydrogen-bond acceptors (Lipinski definition) is 1. The Bertz CT molecular complexity index is 844. The quantitative estimate of drug-likeness (QED) is 0.253. The van der Waals surface area contributed by atoms with Gasteiger partial charge in [0.2, 0.25) is 0 Å². The predicted molar refractivity (Wildman–Crippen MR) is 134 cm³/mol. The fourth-order valence-corrected chi connectivity index (χ4v) is 3.78. The molecule has 0 aliphatic carbocycles. The Kier molecular flexibility index (Phi) is 11.4. The Morgan fingerprint density at radius 2 is 1.47 bits per heavy atom. The number of unbranched alkanes of at least 4 members (excludes halogenated alkanes) is 5. The van der Waals surface area contributed by atoms with E-state index in [1.807, 2.05) is 81.1 Å². The van der Waals surface area contributed by atoms with Crippen LogP contribution in [0.1, 0.15) is 56.6 Å². The van der Waals surface area contributed by atoms with Crippen molar-refractivity contribution >= 4 is 36.6 Å². The highest BCUT2D eigenvalue weighted by molar-refractivity contribution is 6.35. The van der Waals surface area contributed by atoms with Crippen LogP contribution in [0.3, 0.4) is 0 Å². The van der Waals surface area contributed by atoms with Gasteiger partial charge in [-0.2, -0.15) is 0 Å². The van der Waals surface area contributed by atoms with E-state index in [2.05, 4.69) is 16.5 Å². The molecule has 0 amide bonds. The molecule has 0 N–H and O–H groups in total. The topological polar surface area (TPSA) is 17.8 Å². The average molecular weight is 441 g/mol. The van der Waals surface area contributed by atoms with Gasteiger partial charge in [-0.15, -0.1) is 5.98 Å². The summed E-state index contributed by atoms with van der Waals surface area (Å²) in [6.45, 7) is 3.39. The zero-order valence-electron chi connectivity index (χ0n) is 18.0. The van der Waals surface area contributed by atoms with Crippen molar-refractivity contribution in [1.29, 1.82) is 0 Å². The molecule has 2 nitrogen and oxygen atoms in total. The van der Waals surface area contributed by atoms with Crippen LogP contribution < -0.4 is 0 Å². The lowest BCUT2D eigenvalue weighted by atomic mass is 9.92. The van der Waals surface area contributed by atoms with E-state index < -0.39 is 0 Å². The second kappa shape index (κ2) is 14.1. The number of hydrogen-bond donors (Lipinski definition) is 0. The highest BCUT2D eigenvalue weighted by Gasteiger charge is 2.09. The lowest BCUT2D eigenvalue weighted by Crippen LogP contribution is -1.93. The monoisotopic (exact) mass is 440 g/mol. The zero-order chi connectivity index (χ0) is 21.6. The van der Waals surface area contributed by atoms with Gasteiger partial charge in [0, 0.05) is 29.0 Å². The maximum absolute atomic E-state index is 6.22. The molecule has 1 heterocycles. The first-order valence-electron chi connectivity index (χ1n) is 10.8. The molecule has 0 radical (unpaired) electrons. The number of nitrogens with zero attached hydrogens (tertiary/aromatic N) is 2. The second-order valence-corrected chi connectivity index (χ2v) is 8.04. The predicted octanol–water partition coefficient (Wildman–Crippen LogP) is 7.26. The van der Waals surface area contributed by atoms with Crippen molar-refractivity contribution in [3.63, 3.8) is 0 Å². The van der Waals surface area contributed by atoms with Gasteiger partial charge >= 0.3 is 0 Å². The summed E-state index contributed by atoms with van der Waals surface area (Å²) in [6.07, 6.45) is 13.9. The third kappa shape index (κ3) is 8.05. The van der Waals surface area contributed by atoms with Crippen LogP contribution in [0.2, 0.25) is 10.0 Å². The van der Waals surface area contributed by atoms with Crippen LogP contribution in [0.25, 0.3) is 5.57 Å². The summed E-state index contributed by atoms with van der Waals surface area (Å²) in [5.41, 5.74) is 3.07. The van der Waals surface area contributed by atoms with Crippen LogP contribution in [-0.2, 0) is 6.54 Å². The minimum absolute atomic E-state index is 0.737. The maximum Gasteiger partial charge on any atom is 0.130 e. The first-order chi connectivity index (χ1) is 14.7. The molecule has 0 saturated carbocycles. The van der Waals surface area contributed by atoms with Crippen LogP contribution in [-0.4, -0.2) is 17.4 Å². The Morgan fingerprint density at radius 3 is 1.97 bits per heavy atom. The summed E-state index contributed by atoms with van der Waals surface area (Å²) >= 11 is 12.4.